The van der Waals surface area contributed by atoms with Crippen LogP contribution >= 0.6 is 0 Å². The summed E-state index contributed by atoms with van der Waals surface area (Å²) in [7, 11) is 0. The number of anilines is 2. The molecule has 0 saturated carbocycles. The van der Waals surface area contributed by atoms with E-state index in [2.05, 4.69) is 25.6 Å². The molecule has 0 saturated heterocycles. The monoisotopic (exact) mass is 322 g/mol. The number of nitrogens with zero attached hydrogens (tertiary/aromatic N) is 4. The van der Waals surface area contributed by atoms with E-state index in [0.29, 0.717) is 23.9 Å². The van der Waals surface area contributed by atoms with Gasteiger partial charge in [0.1, 0.15) is 11.3 Å². The minimum Gasteiger partial charge on any atom is -0.322 e. The Balaban J connectivity index is 1.70. The molecule has 24 heavy (non-hydrogen) atoms. The lowest BCUT2D eigenvalue weighted by atomic mass is 10.1. The van der Waals surface area contributed by atoms with Gasteiger partial charge < -0.3 is 5.32 Å². The second-order valence-corrected chi connectivity index (χ2v) is 5.58. The predicted octanol–water partition coefficient (Wildman–Crippen LogP) is 3.23. The quantitative estimate of drug-likeness (QED) is 0.605. The smallest absolute Gasteiger partial charge is 0.159 e. The van der Waals surface area contributed by atoms with Gasteiger partial charge in [0.25, 0.3) is 0 Å². The molecule has 6 nitrogen and oxygen atoms in total. The Morgan fingerprint density at radius 2 is 2.04 bits per heavy atom. The van der Waals surface area contributed by atoms with Crippen LogP contribution < -0.4 is 5.32 Å². The zero-order chi connectivity index (χ0) is 16.5. The third-order valence-corrected chi connectivity index (χ3v) is 3.66. The summed E-state index contributed by atoms with van der Waals surface area (Å²) in [6.45, 7) is 1.94. The van der Waals surface area contributed by atoms with Crippen LogP contribution in [0.15, 0.2) is 48.7 Å². The van der Waals surface area contributed by atoms with E-state index in [1.165, 1.54) is 12.1 Å². The number of aryl methyl sites for hydroxylation is 1. The van der Waals surface area contributed by atoms with Crippen molar-refractivity contribution in [2.75, 3.05) is 5.32 Å². The molecule has 0 radical (unpaired) electrons. The number of hydrogen-bond acceptors (Lipinski definition) is 4. The van der Waals surface area contributed by atoms with Gasteiger partial charge in [0.2, 0.25) is 0 Å². The molecule has 4 aromatic rings. The summed E-state index contributed by atoms with van der Waals surface area (Å²) in [5, 5.41) is 14.8. The van der Waals surface area contributed by atoms with Crippen LogP contribution in [0.25, 0.3) is 5.52 Å². The number of benzene rings is 1. The fraction of sp³-hybridized carbons (Fsp3) is 0.118. The highest BCUT2D eigenvalue weighted by molar-refractivity contribution is 5.71. The molecule has 1 aromatic carbocycles. The highest BCUT2D eigenvalue weighted by atomic mass is 19.1. The normalized spacial score (nSPS) is 11.1. The van der Waals surface area contributed by atoms with Gasteiger partial charge in [-0.1, -0.05) is 12.1 Å². The molecule has 4 rings (SSSR count). The van der Waals surface area contributed by atoms with Gasteiger partial charge in [0, 0.05) is 24.4 Å². The molecule has 7 heteroatoms. The molecular formula is C17H15FN6. The highest BCUT2D eigenvalue weighted by Gasteiger charge is 2.10. The van der Waals surface area contributed by atoms with Crippen LogP contribution in [-0.4, -0.2) is 24.8 Å². The topological polar surface area (TPSA) is 70.9 Å². The Morgan fingerprint density at radius 3 is 2.79 bits per heavy atom. The van der Waals surface area contributed by atoms with Crippen molar-refractivity contribution in [2.45, 2.75) is 13.3 Å². The van der Waals surface area contributed by atoms with E-state index in [1.807, 2.05) is 31.3 Å². The maximum Gasteiger partial charge on any atom is 0.159 e. The molecule has 0 bridgehead atoms. The summed E-state index contributed by atoms with van der Waals surface area (Å²) in [4.78, 5) is 4.60. The van der Waals surface area contributed by atoms with Crippen LogP contribution in [-0.2, 0) is 6.42 Å². The molecule has 0 spiro atoms. The summed E-state index contributed by atoms with van der Waals surface area (Å²) in [6, 6.07) is 12.1. The summed E-state index contributed by atoms with van der Waals surface area (Å²) in [5.74, 6) is 1.76. The second-order valence-electron chi connectivity index (χ2n) is 5.58. The molecule has 3 heterocycles. The van der Waals surface area contributed by atoms with Crippen molar-refractivity contribution in [3.63, 3.8) is 0 Å². The summed E-state index contributed by atoms with van der Waals surface area (Å²) in [5.41, 5.74) is 2.77. The van der Waals surface area contributed by atoms with E-state index in [9.17, 15) is 4.39 Å². The lowest BCUT2D eigenvalue weighted by molar-refractivity contribution is 0.627. The van der Waals surface area contributed by atoms with Crippen molar-refractivity contribution in [1.29, 1.82) is 0 Å². The summed E-state index contributed by atoms with van der Waals surface area (Å²) >= 11 is 0. The zero-order valence-corrected chi connectivity index (χ0v) is 13.0. The second kappa shape index (κ2) is 5.77. The number of H-pyrrole nitrogens is 1. The highest BCUT2D eigenvalue weighted by Crippen LogP contribution is 2.20. The Bertz CT molecular complexity index is 986. The van der Waals surface area contributed by atoms with Crippen LogP contribution in [0.2, 0.25) is 0 Å². The lowest BCUT2D eigenvalue weighted by Gasteiger charge is -2.08. The maximum atomic E-state index is 13.0. The first kappa shape index (κ1) is 14.4. The van der Waals surface area contributed by atoms with Gasteiger partial charge in [-0.3, -0.25) is 5.10 Å². The molecule has 120 valence electrons. The molecule has 0 aliphatic carbocycles. The number of fused-ring (bicyclic) bond motifs is 1. The van der Waals surface area contributed by atoms with Gasteiger partial charge in [0.05, 0.1) is 0 Å². The Hall–Kier alpha value is -3.22. The van der Waals surface area contributed by atoms with Gasteiger partial charge in [-0.25, -0.2) is 13.9 Å². The van der Waals surface area contributed by atoms with E-state index < -0.39 is 0 Å². The zero-order valence-electron chi connectivity index (χ0n) is 13.0. The molecule has 0 unspecified atom stereocenters. The Morgan fingerprint density at radius 1 is 1.21 bits per heavy atom. The van der Waals surface area contributed by atoms with Crippen LogP contribution in [0.3, 0.4) is 0 Å². The molecule has 0 fully saturated rings. The average Bonchev–Trinajstić information content (AvgIpc) is 3.19. The Kier molecular flexibility index (Phi) is 3.45. The minimum atomic E-state index is -0.253. The third kappa shape index (κ3) is 2.83. The van der Waals surface area contributed by atoms with Gasteiger partial charge >= 0.3 is 0 Å². The average molecular weight is 322 g/mol. The van der Waals surface area contributed by atoms with E-state index in [0.717, 1.165) is 16.8 Å². The van der Waals surface area contributed by atoms with Crippen LogP contribution in [0, 0.1) is 12.7 Å². The SMILES string of the molecule is Cc1cc(Nc2nc(Cc3ccc(F)cc3)nn3cccc23)n[nH]1. The van der Waals surface area contributed by atoms with Gasteiger partial charge in [0.15, 0.2) is 17.5 Å². The van der Waals surface area contributed by atoms with Crippen LogP contribution in [0.1, 0.15) is 17.1 Å². The van der Waals surface area contributed by atoms with Crippen molar-refractivity contribution in [3.8, 4) is 0 Å². The third-order valence-electron chi connectivity index (χ3n) is 3.66. The van der Waals surface area contributed by atoms with E-state index in [-0.39, 0.29) is 5.82 Å². The predicted molar refractivity (Wildman–Crippen MR) is 88.8 cm³/mol. The van der Waals surface area contributed by atoms with Crippen molar-refractivity contribution < 1.29 is 4.39 Å². The first-order chi connectivity index (χ1) is 11.7. The van der Waals surface area contributed by atoms with Crippen molar-refractivity contribution in [2.24, 2.45) is 0 Å². The van der Waals surface area contributed by atoms with E-state index in [1.54, 1.807) is 16.6 Å². The standard InChI is InChI=1S/C17H15FN6/c1-11-9-15(22-21-11)19-17-14-3-2-8-24(14)23-16(20-17)10-12-4-6-13(18)7-5-12/h2-9H,10H2,1H3,(H2,19,20,21,22,23). The molecule has 2 N–H and O–H groups in total. The van der Waals surface area contributed by atoms with Crippen molar-refractivity contribution in [1.82, 2.24) is 24.8 Å². The van der Waals surface area contributed by atoms with E-state index in [4.69, 9.17) is 0 Å². The summed E-state index contributed by atoms with van der Waals surface area (Å²) in [6.07, 6.45) is 2.38. The van der Waals surface area contributed by atoms with Crippen molar-refractivity contribution in [3.05, 3.63) is 71.6 Å². The first-order valence-corrected chi connectivity index (χ1v) is 7.55. The number of aromatic nitrogens is 5. The van der Waals surface area contributed by atoms with Gasteiger partial charge in [-0.05, 0) is 36.8 Å². The van der Waals surface area contributed by atoms with Gasteiger partial charge in [-0.2, -0.15) is 10.2 Å². The lowest BCUT2D eigenvalue weighted by Crippen LogP contribution is -2.06. The minimum absolute atomic E-state index is 0.253. The largest absolute Gasteiger partial charge is 0.322 e. The molecule has 3 aromatic heterocycles. The van der Waals surface area contributed by atoms with Crippen LogP contribution in [0.5, 0.6) is 0 Å². The number of hydrogen-bond donors (Lipinski definition) is 2. The Labute approximate surface area is 137 Å². The molecule has 0 amide bonds. The molecule has 0 atom stereocenters. The number of rotatable bonds is 4. The fourth-order valence-electron chi connectivity index (χ4n) is 2.54. The first-order valence-electron chi connectivity index (χ1n) is 7.55. The van der Waals surface area contributed by atoms with Crippen LogP contribution in [0.4, 0.5) is 16.0 Å². The maximum absolute atomic E-state index is 13.0. The molecule has 0 aliphatic heterocycles. The van der Waals surface area contributed by atoms with Gasteiger partial charge in [-0.15, -0.1) is 0 Å². The number of halogens is 1. The van der Waals surface area contributed by atoms with Crippen molar-refractivity contribution >= 4 is 17.2 Å². The molecular weight excluding hydrogens is 307 g/mol. The fourth-order valence-corrected chi connectivity index (χ4v) is 2.54. The number of nitrogens with one attached hydrogen (secondary N) is 2. The number of aromatic amines is 1. The molecule has 0 aliphatic rings. The van der Waals surface area contributed by atoms with E-state index >= 15 is 0 Å². The summed E-state index contributed by atoms with van der Waals surface area (Å²) < 4.78 is 14.8.